The van der Waals surface area contributed by atoms with E-state index in [2.05, 4.69) is 4.98 Å². The van der Waals surface area contributed by atoms with Crippen molar-refractivity contribution in [1.82, 2.24) is 4.98 Å². The van der Waals surface area contributed by atoms with Crippen LogP contribution in [0.25, 0.3) is 10.8 Å². The van der Waals surface area contributed by atoms with Crippen LogP contribution in [0, 0.1) is 11.3 Å². The standard InChI is InChI=1S/C12H8N2O2/c1-8(15)16-12-7-14-11(6-13)9-4-2-3-5-10(9)12/h2-5,7H,1H3. The van der Waals surface area contributed by atoms with Crippen LogP contribution in [0.5, 0.6) is 5.75 Å². The molecule has 0 saturated heterocycles. The van der Waals surface area contributed by atoms with E-state index >= 15 is 0 Å². The second-order valence-electron chi connectivity index (χ2n) is 3.22. The Morgan fingerprint density at radius 2 is 2.06 bits per heavy atom. The number of hydrogen-bond acceptors (Lipinski definition) is 4. The van der Waals surface area contributed by atoms with Crippen molar-refractivity contribution in [2.24, 2.45) is 0 Å². The molecule has 2 aromatic rings. The van der Waals surface area contributed by atoms with Crippen molar-refractivity contribution in [3.8, 4) is 11.8 Å². The summed E-state index contributed by atoms with van der Waals surface area (Å²) in [6.07, 6.45) is 1.39. The molecule has 0 bridgehead atoms. The van der Waals surface area contributed by atoms with Gasteiger partial charge in [-0.05, 0) is 0 Å². The van der Waals surface area contributed by atoms with E-state index in [-0.39, 0.29) is 0 Å². The second-order valence-corrected chi connectivity index (χ2v) is 3.22. The Bertz CT molecular complexity index is 599. The second kappa shape index (κ2) is 3.99. The minimum Gasteiger partial charge on any atom is -0.424 e. The predicted molar refractivity (Wildman–Crippen MR) is 57.8 cm³/mol. The fraction of sp³-hybridized carbons (Fsp3) is 0.0833. The highest BCUT2D eigenvalue weighted by Crippen LogP contribution is 2.26. The molecule has 0 spiro atoms. The van der Waals surface area contributed by atoms with Crippen molar-refractivity contribution in [3.05, 3.63) is 36.2 Å². The Balaban J connectivity index is 2.70. The first-order valence-electron chi connectivity index (χ1n) is 4.68. The smallest absolute Gasteiger partial charge is 0.308 e. The lowest BCUT2D eigenvalue weighted by atomic mass is 10.1. The molecule has 2 rings (SSSR count). The zero-order valence-corrected chi connectivity index (χ0v) is 8.60. The van der Waals surface area contributed by atoms with E-state index in [1.165, 1.54) is 13.1 Å². The molecule has 0 atom stereocenters. The molecule has 0 aliphatic carbocycles. The largest absolute Gasteiger partial charge is 0.424 e. The number of fused-ring (bicyclic) bond motifs is 1. The van der Waals surface area contributed by atoms with Crippen LogP contribution in [0.3, 0.4) is 0 Å². The van der Waals surface area contributed by atoms with Crippen LogP contribution in [-0.2, 0) is 4.79 Å². The molecule has 0 aliphatic rings. The Hall–Kier alpha value is -2.41. The van der Waals surface area contributed by atoms with Crippen molar-refractivity contribution in [2.45, 2.75) is 6.92 Å². The summed E-state index contributed by atoms with van der Waals surface area (Å²) in [7, 11) is 0. The zero-order chi connectivity index (χ0) is 11.5. The van der Waals surface area contributed by atoms with Crippen LogP contribution in [0.2, 0.25) is 0 Å². The molecule has 0 N–H and O–H groups in total. The SMILES string of the molecule is CC(=O)Oc1cnc(C#N)c2ccccc12. The molecule has 1 heterocycles. The van der Waals surface area contributed by atoms with E-state index in [0.29, 0.717) is 22.2 Å². The highest BCUT2D eigenvalue weighted by Gasteiger charge is 2.08. The van der Waals surface area contributed by atoms with Crippen LogP contribution >= 0.6 is 0 Å². The van der Waals surface area contributed by atoms with Gasteiger partial charge < -0.3 is 4.74 Å². The fourth-order valence-electron chi connectivity index (χ4n) is 1.49. The minimum atomic E-state index is -0.406. The minimum absolute atomic E-state index is 0.325. The Morgan fingerprint density at radius 1 is 1.38 bits per heavy atom. The van der Waals surface area contributed by atoms with Crippen molar-refractivity contribution >= 4 is 16.7 Å². The van der Waals surface area contributed by atoms with Crippen molar-refractivity contribution in [3.63, 3.8) is 0 Å². The molecule has 0 radical (unpaired) electrons. The van der Waals surface area contributed by atoms with E-state index < -0.39 is 5.97 Å². The number of rotatable bonds is 1. The lowest BCUT2D eigenvalue weighted by Crippen LogP contribution is -2.02. The molecule has 4 heteroatoms. The third-order valence-corrected chi connectivity index (χ3v) is 2.12. The van der Waals surface area contributed by atoms with Crippen LogP contribution in [-0.4, -0.2) is 11.0 Å². The average molecular weight is 212 g/mol. The van der Waals surface area contributed by atoms with Gasteiger partial charge in [-0.25, -0.2) is 4.98 Å². The molecule has 0 unspecified atom stereocenters. The molecule has 0 fully saturated rings. The zero-order valence-electron chi connectivity index (χ0n) is 8.60. The normalized spacial score (nSPS) is 9.75. The summed E-state index contributed by atoms with van der Waals surface area (Å²) in [5.41, 5.74) is 0.325. The van der Waals surface area contributed by atoms with E-state index in [1.807, 2.05) is 18.2 Å². The highest BCUT2D eigenvalue weighted by molar-refractivity contribution is 5.92. The van der Waals surface area contributed by atoms with Crippen molar-refractivity contribution < 1.29 is 9.53 Å². The lowest BCUT2D eigenvalue weighted by Gasteiger charge is -2.05. The number of pyridine rings is 1. The summed E-state index contributed by atoms with van der Waals surface area (Å²) in [6, 6.07) is 9.18. The number of ether oxygens (including phenoxy) is 1. The van der Waals surface area contributed by atoms with Gasteiger partial charge in [0.05, 0.1) is 6.20 Å². The number of benzene rings is 1. The average Bonchev–Trinajstić information content (AvgIpc) is 2.29. The van der Waals surface area contributed by atoms with E-state index in [4.69, 9.17) is 10.00 Å². The summed E-state index contributed by atoms with van der Waals surface area (Å²) < 4.78 is 5.02. The quantitative estimate of drug-likeness (QED) is 0.678. The molecule has 0 saturated carbocycles. The maximum Gasteiger partial charge on any atom is 0.308 e. The number of carbonyl (C=O) groups is 1. The van der Waals surface area contributed by atoms with Gasteiger partial charge in [0, 0.05) is 17.7 Å². The third kappa shape index (κ3) is 1.71. The van der Waals surface area contributed by atoms with Gasteiger partial charge in [0.1, 0.15) is 11.8 Å². The Morgan fingerprint density at radius 3 is 2.69 bits per heavy atom. The number of aromatic nitrogens is 1. The fourth-order valence-corrected chi connectivity index (χ4v) is 1.49. The number of nitrogens with zero attached hydrogens (tertiary/aromatic N) is 2. The molecular weight excluding hydrogens is 204 g/mol. The summed E-state index contributed by atoms with van der Waals surface area (Å²) in [4.78, 5) is 14.8. The maximum atomic E-state index is 10.9. The molecule has 1 aromatic carbocycles. The van der Waals surface area contributed by atoms with Gasteiger partial charge in [0.2, 0.25) is 0 Å². The topological polar surface area (TPSA) is 63.0 Å². The van der Waals surface area contributed by atoms with Gasteiger partial charge in [0.15, 0.2) is 5.75 Å². The van der Waals surface area contributed by atoms with Crippen LogP contribution in [0.4, 0.5) is 0 Å². The summed E-state index contributed by atoms with van der Waals surface area (Å²) >= 11 is 0. The first-order chi connectivity index (χ1) is 7.72. The summed E-state index contributed by atoms with van der Waals surface area (Å²) in [6.45, 7) is 1.33. The highest BCUT2D eigenvalue weighted by atomic mass is 16.5. The van der Waals surface area contributed by atoms with Crippen LogP contribution in [0.1, 0.15) is 12.6 Å². The first-order valence-corrected chi connectivity index (χ1v) is 4.68. The van der Waals surface area contributed by atoms with Crippen LogP contribution in [0.15, 0.2) is 30.5 Å². The van der Waals surface area contributed by atoms with E-state index in [0.717, 1.165) is 0 Å². The van der Waals surface area contributed by atoms with Gasteiger partial charge in [-0.1, -0.05) is 24.3 Å². The monoisotopic (exact) mass is 212 g/mol. The van der Waals surface area contributed by atoms with Gasteiger partial charge in [-0.2, -0.15) is 5.26 Å². The molecule has 78 valence electrons. The lowest BCUT2D eigenvalue weighted by molar-refractivity contribution is -0.131. The molecular formula is C12H8N2O2. The molecule has 0 aliphatic heterocycles. The van der Waals surface area contributed by atoms with E-state index in [1.54, 1.807) is 12.1 Å². The summed E-state index contributed by atoms with van der Waals surface area (Å²) in [5.74, 6) is -0.0289. The van der Waals surface area contributed by atoms with Crippen molar-refractivity contribution in [2.75, 3.05) is 0 Å². The summed E-state index contributed by atoms with van der Waals surface area (Å²) in [5, 5.41) is 10.3. The van der Waals surface area contributed by atoms with Gasteiger partial charge in [-0.3, -0.25) is 4.79 Å². The van der Waals surface area contributed by atoms with Gasteiger partial charge >= 0.3 is 5.97 Å². The molecule has 0 amide bonds. The third-order valence-electron chi connectivity index (χ3n) is 2.12. The predicted octanol–water partition coefficient (Wildman–Crippen LogP) is 2.03. The van der Waals surface area contributed by atoms with Gasteiger partial charge in [0.25, 0.3) is 0 Å². The number of carbonyl (C=O) groups excluding carboxylic acids is 1. The Labute approximate surface area is 92.1 Å². The van der Waals surface area contributed by atoms with E-state index in [9.17, 15) is 4.79 Å². The number of esters is 1. The molecule has 16 heavy (non-hydrogen) atoms. The maximum absolute atomic E-state index is 10.9. The number of hydrogen-bond donors (Lipinski definition) is 0. The Kier molecular flexibility index (Phi) is 2.52. The van der Waals surface area contributed by atoms with Gasteiger partial charge in [-0.15, -0.1) is 0 Å². The number of nitriles is 1. The van der Waals surface area contributed by atoms with Crippen molar-refractivity contribution in [1.29, 1.82) is 5.26 Å². The molecule has 1 aromatic heterocycles. The first kappa shape index (κ1) is 10.1. The molecule has 4 nitrogen and oxygen atoms in total. The van der Waals surface area contributed by atoms with Crippen LogP contribution < -0.4 is 4.74 Å².